The molecule has 1 unspecified atom stereocenters. The molecule has 5 nitrogen and oxygen atoms in total. The number of benzene rings is 2. The number of imide groups is 1. The third kappa shape index (κ3) is 2.87. The molecular weight excluding hydrogens is 366 g/mol. The second-order valence-corrected chi connectivity index (χ2v) is 7.34. The van der Waals surface area contributed by atoms with Gasteiger partial charge < -0.3 is 5.32 Å². The van der Waals surface area contributed by atoms with E-state index in [4.69, 9.17) is 0 Å². The Balaban J connectivity index is 1.57. The molecule has 0 radical (unpaired) electrons. The molecule has 2 aliphatic rings. The lowest BCUT2D eigenvalue weighted by molar-refractivity contribution is -0.130. The SMILES string of the molecule is CC1(c2ccc(F)c(F)c2)NC(=O)N(CC(=O)c2ccc3c(c2)CCC3)C1=O. The fourth-order valence-corrected chi connectivity index (χ4v) is 3.82. The molecule has 0 spiro atoms. The first kappa shape index (κ1) is 18.3. The van der Waals surface area contributed by atoms with Gasteiger partial charge in [0.15, 0.2) is 17.4 Å². The van der Waals surface area contributed by atoms with Crippen LogP contribution in [-0.4, -0.2) is 29.2 Å². The number of hydrogen-bond donors (Lipinski definition) is 1. The minimum Gasteiger partial charge on any atom is -0.319 e. The summed E-state index contributed by atoms with van der Waals surface area (Å²) >= 11 is 0. The second-order valence-electron chi connectivity index (χ2n) is 7.34. The van der Waals surface area contributed by atoms with Gasteiger partial charge in [0, 0.05) is 5.56 Å². The molecule has 1 fully saturated rings. The van der Waals surface area contributed by atoms with Crippen molar-refractivity contribution in [2.75, 3.05) is 6.54 Å². The molecule has 1 atom stereocenters. The summed E-state index contributed by atoms with van der Waals surface area (Å²) in [5.41, 5.74) is 1.33. The number of Topliss-reactive ketones (excluding diaryl/α,β-unsaturated/α-hetero) is 1. The molecular formula is C21H18F2N2O3. The molecule has 144 valence electrons. The van der Waals surface area contributed by atoms with Crippen LogP contribution in [0.1, 0.15) is 40.4 Å². The molecule has 1 aliphatic carbocycles. The van der Waals surface area contributed by atoms with Crippen molar-refractivity contribution in [2.45, 2.75) is 31.7 Å². The van der Waals surface area contributed by atoms with Crippen LogP contribution in [0, 0.1) is 11.6 Å². The number of carbonyl (C=O) groups is 3. The van der Waals surface area contributed by atoms with Crippen LogP contribution in [-0.2, 0) is 23.2 Å². The Bertz CT molecular complexity index is 1020. The largest absolute Gasteiger partial charge is 0.325 e. The van der Waals surface area contributed by atoms with Crippen LogP contribution in [0.4, 0.5) is 13.6 Å². The lowest BCUT2D eigenvalue weighted by Gasteiger charge is -2.22. The molecule has 0 bridgehead atoms. The van der Waals surface area contributed by atoms with Crippen molar-refractivity contribution in [3.63, 3.8) is 0 Å². The number of ketones is 1. The number of nitrogens with zero attached hydrogens (tertiary/aromatic N) is 1. The maximum absolute atomic E-state index is 13.6. The normalized spacial score (nSPS) is 21.0. The summed E-state index contributed by atoms with van der Waals surface area (Å²) in [4.78, 5) is 38.7. The summed E-state index contributed by atoms with van der Waals surface area (Å²) in [6, 6.07) is 7.70. The molecule has 1 N–H and O–H groups in total. The highest BCUT2D eigenvalue weighted by molar-refractivity contribution is 6.11. The van der Waals surface area contributed by atoms with Gasteiger partial charge in [0.05, 0.1) is 6.54 Å². The van der Waals surface area contributed by atoms with E-state index in [0.717, 1.165) is 41.9 Å². The van der Waals surface area contributed by atoms with Crippen LogP contribution in [0.25, 0.3) is 0 Å². The van der Waals surface area contributed by atoms with Crippen LogP contribution in [0.3, 0.4) is 0 Å². The Morgan fingerprint density at radius 1 is 1.07 bits per heavy atom. The van der Waals surface area contributed by atoms with E-state index in [9.17, 15) is 23.2 Å². The van der Waals surface area contributed by atoms with E-state index in [2.05, 4.69) is 5.32 Å². The summed E-state index contributed by atoms with van der Waals surface area (Å²) in [7, 11) is 0. The van der Waals surface area contributed by atoms with Crippen molar-refractivity contribution in [1.82, 2.24) is 10.2 Å². The Morgan fingerprint density at radius 2 is 1.82 bits per heavy atom. The van der Waals surface area contributed by atoms with Gasteiger partial charge in [-0.1, -0.05) is 18.2 Å². The molecule has 1 saturated heterocycles. The third-order valence-corrected chi connectivity index (χ3v) is 5.49. The molecule has 4 rings (SSSR count). The van der Waals surface area contributed by atoms with Crippen molar-refractivity contribution in [3.8, 4) is 0 Å². The lowest BCUT2D eigenvalue weighted by Crippen LogP contribution is -2.41. The van der Waals surface area contributed by atoms with E-state index in [1.807, 2.05) is 12.1 Å². The lowest BCUT2D eigenvalue weighted by atomic mass is 9.92. The first-order valence-corrected chi connectivity index (χ1v) is 9.04. The Hall–Kier alpha value is -3.09. The Morgan fingerprint density at radius 3 is 2.57 bits per heavy atom. The number of halogens is 2. The van der Waals surface area contributed by atoms with Crippen LogP contribution in [0.15, 0.2) is 36.4 Å². The number of carbonyl (C=O) groups excluding carboxylic acids is 3. The van der Waals surface area contributed by atoms with Crippen LogP contribution in [0.2, 0.25) is 0 Å². The first-order valence-electron chi connectivity index (χ1n) is 9.04. The fourth-order valence-electron chi connectivity index (χ4n) is 3.82. The molecule has 2 aromatic carbocycles. The van der Waals surface area contributed by atoms with E-state index in [0.29, 0.717) is 5.56 Å². The number of aryl methyl sites for hydroxylation is 2. The molecule has 0 saturated carbocycles. The van der Waals surface area contributed by atoms with Crippen LogP contribution >= 0.6 is 0 Å². The van der Waals surface area contributed by atoms with E-state index >= 15 is 0 Å². The van der Waals surface area contributed by atoms with Gasteiger partial charge in [-0.15, -0.1) is 0 Å². The summed E-state index contributed by atoms with van der Waals surface area (Å²) in [5.74, 6) is -3.20. The van der Waals surface area contributed by atoms with Gasteiger partial charge >= 0.3 is 6.03 Å². The van der Waals surface area contributed by atoms with Gasteiger partial charge in [-0.05, 0) is 61.1 Å². The zero-order chi connectivity index (χ0) is 20.1. The molecule has 1 heterocycles. The van der Waals surface area contributed by atoms with Gasteiger partial charge in [0.2, 0.25) is 0 Å². The van der Waals surface area contributed by atoms with E-state index in [1.54, 1.807) is 6.07 Å². The number of hydrogen-bond acceptors (Lipinski definition) is 3. The predicted octanol–water partition coefficient (Wildman–Crippen LogP) is 3.10. The molecule has 3 amide bonds. The molecule has 28 heavy (non-hydrogen) atoms. The van der Waals surface area contributed by atoms with Gasteiger partial charge in [-0.3, -0.25) is 14.5 Å². The third-order valence-electron chi connectivity index (χ3n) is 5.49. The number of amides is 3. The highest BCUT2D eigenvalue weighted by Crippen LogP contribution is 2.30. The minimum absolute atomic E-state index is 0.109. The number of fused-ring (bicyclic) bond motifs is 1. The van der Waals surface area contributed by atoms with E-state index < -0.39 is 35.7 Å². The van der Waals surface area contributed by atoms with Crippen molar-refractivity contribution in [3.05, 3.63) is 70.3 Å². The zero-order valence-electron chi connectivity index (χ0n) is 15.2. The zero-order valence-corrected chi connectivity index (χ0v) is 15.2. The number of rotatable bonds is 4. The van der Waals surface area contributed by atoms with Crippen LogP contribution < -0.4 is 5.32 Å². The Labute approximate surface area is 160 Å². The van der Waals surface area contributed by atoms with Crippen molar-refractivity contribution in [1.29, 1.82) is 0 Å². The van der Waals surface area contributed by atoms with Crippen molar-refractivity contribution >= 4 is 17.7 Å². The standard InChI is InChI=1S/C21H18F2N2O3/c1-21(15-7-8-16(22)17(23)10-15)19(27)25(20(28)24-21)11-18(26)14-6-5-12-3-2-4-13(12)9-14/h5-10H,2-4,11H2,1H3,(H,24,28). The quantitative estimate of drug-likeness (QED) is 0.651. The predicted molar refractivity (Wildman–Crippen MR) is 96.8 cm³/mol. The monoisotopic (exact) mass is 384 g/mol. The molecule has 7 heteroatoms. The second kappa shape index (κ2) is 6.51. The highest BCUT2D eigenvalue weighted by atomic mass is 19.2. The van der Waals surface area contributed by atoms with Crippen molar-refractivity contribution < 1.29 is 23.2 Å². The average Bonchev–Trinajstić information content (AvgIpc) is 3.22. The van der Waals surface area contributed by atoms with Crippen molar-refractivity contribution in [2.24, 2.45) is 0 Å². The average molecular weight is 384 g/mol. The fraction of sp³-hybridized carbons (Fsp3) is 0.286. The maximum Gasteiger partial charge on any atom is 0.325 e. The first-order chi connectivity index (χ1) is 13.3. The summed E-state index contributed by atoms with van der Waals surface area (Å²) in [5, 5.41) is 2.49. The smallest absolute Gasteiger partial charge is 0.319 e. The highest BCUT2D eigenvalue weighted by Gasteiger charge is 2.49. The van der Waals surface area contributed by atoms with Gasteiger partial charge in [0.25, 0.3) is 5.91 Å². The summed E-state index contributed by atoms with van der Waals surface area (Å²) < 4.78 is 26.8. The Kier molecular flexibility index (Phi) is 4.25. The van der Waals surface area contributed by atoms with Gasteiger partial charge in [-0.25, -0.2) is 13.6 Å². The topological polar surface area (TPSA) is 66.5 Å². The van der Waals surface area contributed by atoms with Crippen LogP contribution in [0.5, 0.6) is 0 Å². The van der Waals surface area contributed by atoms with Gasteiger partial charge in [0.1, 0.15) is 5.54 Å². The number of nitrogens with one attached hydrogen (secondary N) is 1. The number of urea groups is 1. The van der Waals surface area contributed by atoms with Gasteiger partial charge in [-0.2, -0.15) is 0 Å². The minimum atomic E-state index is -1.57. The summed E-state index contributed by atoms with van der Waals surface area (Å²) in [6.07, 6.45) is 2.95. The summed E-state index contributed by atoms with van der Waals surface area (Å²) in [6.45, 7) is 0.989. The van der Waals surface area contributed by atoms with E-state index in [1.165, 1.54) is 18.6 Å². The molecule has 0 aromatic heterocycles. The maximum atomic E-state index is 13.6. The molecule has 1 aliphatic heterocycles. The van der Waals surface area contributed by atoms with E-state index in [-0.39, 0.29) is 11.3 Å². The molecule has 2 aromatic rings.